The number of hydrogen-bond acceptors (Lipinski definition) is 2. The minimum absolute atomic E-state index is 0.131. The highest BCUT2D eigenvalue weighted by molar-refractivity contribution is 5.02. The largest absolute Gasteiger partial charge is 0.334 e. The lowest BCUT2D eigenvalue weighted by Gasteiger charge is -2.19. The van der Waals surface area contributed by atoms with Crippen LogP contribution in [0.1, 0.15) is 51.4 Å². The second-order valence-electron chi connectivity index (χ2n) is 4.94. The van der Waals surface area contributed by atoms with Crippen LogP contribution in [0.4, 0.5) is 0 Å². The molecule has 3 heteroatoms. The van der Waals surface area contributed by atoms with Crippen molar-refractivity contribution in [1.82, 2.24) is 9.55 Å². The number of imidazole rings is 1. The molecule has 0 aliphatic heterocycles. The second-order valence-corrected chi connectivity index (χ2v) is 4.94. The lowest BCUT2D eigenvalue weighted by molar-refractivity contribution is 0.393. The first kappa shape index (κ1) is 11.6. The highest BCUT2D eigenvalue weighted by atomic mass is 15.1. The van der Waals surface area contributed by atoms with Crippen molar-refractivity contribution in [2.75, 3.05) is 0 Å². The second kappa shape index (κ2) is 5.00. The number of nitrogens with zero attached hydrogens (tertiary/aromatic N) is 2. The van der Waals surface area contributed by atoms with E-state index in [0.29, 0.717) is 5.92 Å². The minimum atomic E-state index is 0.131. The molecule has 1 aliphatic rings. The highest BCUT2D eigenvalue weighted by Gasteiger charge is 2.30. The summed E-state index contributed by atoms with van der Waals surface area (Å²) in [5.41, 5.74) is 6.35. The van der Waals surface area contributed by atoms with Crippen molar-refractivity contribution < 1.29 is 0 Å². The van der Waals surface area contributed by atoms with Crippen LogP contribution >= 0.6 is 0 Å². The average molecular weight is 221 g/mol. The first-order valence-electron chi connectivity index (χ1n) is 6.52. The zero-order valence-electron chi connectivity index (χ0n) is 10.4. The fourth-order valence-electron chi connectivity index (χ4n) is 2.91. The van der Waals surface area contributed by atoms with Crippen LogP contribution in [-0.2, 0) is 6.54 Å². The van der Waals surface area contributed by atoms with Crippen LogP contribution in [0, 0.1) is 11.8 Å². The van der Waals surface area contributed by atoms with Gasteiger partial charge in [-0.2, -0.15) is 0 Å². The Hall–Kier alpha value is -0.830. The molecule has 1 aliphatic carbocycles. The summed E-state index contributed by atoms with van der Waals surface area (Å²) in [6.07, 6.45) is 9.10. The van der Waals surface area contributed by atoms with E-state index in [9.17, 15) is 0 Å². The number of nitrogens with two attached hydrogens (primary N) is 1. The third-order valence-electron chi connectivity index (χ3n) is 4.05. The van der Waals surface area contributed by atoms with E-state index < -0.39 is 0 Å². The molecule has 0 radical (unpaired) electrons. The Morgan fingerprint density at radius 2 is 2.31 bits per heavy atom. The molecule has 2 rings (SSSR count). The van der Waals surface area contributed by atoms with Gasteiger partial charge in [0.1, 0.15) is 5.82 Å². The zero-order valence-corrected chi connectivity index (χ0v) is 10.4. The normalized spacial score (nSPS) is 27.2. The molecule has 0 saturated heterocycles. The molecule has 0 bridgehead atoms. The van der Waals surface area contributed by atoms with Crippen LogP contribution in [-0.4, -0.2) is 9.55 Å². The van der Waals surface area contributed by atoms with Gasteiger partial charge >= 0.3 is 0 Å². The molecule has 2 N–H and O–H groups in total. The number of rotatable bonds is 4. The summed E-state index contributed by atoms with van der Waals surface area (Å²) in [7, 11) is 0. The Morgan fingerprint density at radius 1 is 1.50 bits per heavy atom. The van der Waals surface area contributed by atoms with Gasteiger partial charge in [-0.3, -0.25) is 0 Å². The Kier molecular flexibility index (Phi) is 3.64. The van der Waals surface area contributed by atoms with E-state index in [0.717, 1.165) is 18.3 Å². The van der Waals surface area contributed by atoms with Crippen molar-refractivity contribution >= 4 is 0 Å². The monoisotopic (exact) mass is 221 g/mol. The lowest BCUT2D eigenvalue weighted by Crippen LogP contribution is -2.23. The SMILES string of the molecule is CCC1CCC(C(N)c2nccn2CC)C1. The maximum absolute atomic E-state index is 6.35. The van der Waals surface area contributed by atoms with Crippen LogP contribution in [0.3, 0.4) is 0 Å². The van der Waals surface area contributed by atoms with Crippen LogP contribution in [0.5, 0.6) is 0 Å². The molecule has 1 saturated carbocycles. The number of aromatic nitrogens is 2. The van der Waals surface area contributed by atoms with Gasteiger partial charge in [0.2, 0.25) is 0 Å². The van der Waals surface area contributed by atoms with E-state index in [2.05, 4.69) is 23.4 Å². The number of hydrogen-bond donors (Lipinski definition) is 1. The van der Waals surface area contributed by atoms with E-state index >= 15 is 0 Å². The Bertz CT molecular complexity index is 332. The summed E-state index contributed by atoms with van der Waals surface area (Å²) in [5, 5.41) is 0. The first-order chi connectivity index (χ1) is 7.76. The third-order valence-corrected chi connectivity index (χ3v) is 4.05. The zero-order chi connectivity index (χ0) is 11.5. The smallest absolute Gasteiger partial charge is 0.125 e. The van der Waals surface area contributed by atoms with Gasteiger partial charge in [0, 0.05) is 18.9 Å². The highest BCUT2D eigenvalue weighted by Crippen LogP contribution is 2.38. The lowest BCUT2D eigenvalue weighted by atomic mass is 9.96. The average Bonchev–Trinajstić information content (AvgIpc) is 2.96. The molecule has 3 unspecified atom stereocenters. The molecule has 0 spiro atoms. The van der Waals surface area contributed by atoms with E-state index in [-0.39, 0.29) is 6.04 Å². The van der Waals surface area contributed by atoms with Gasteiger partial charge in [0.05, 0.1) is 6.04 Å². The molecular formula is C13H23N3. The molecule has 90 valence electrons. The molecule has 16 heavy (non-hydrogen) atoms. The topological polar surface area (TPSA) is 43.8 Å². The minimum Gasteiger partial charge on any atom is -0.334 e. The summed E-state index contributed by atoms with van der Waals surface area (Å²) >= 11 is 0. The summed E-state index contributed by atoms with van der Waals surface area (Å²) in [5.74, 6) is 2.60. The Balaban J connectivity index is 2.05. The molecule has 3 atom stereocenters. The van der Waals surface area contributed by atoms with Gasteiger partial charge in [-0.15, -0.1) is 0 Å². The van der Waals surface area contributed by atoms with Crippen LogP contribution in [0.25, 0.3) is 0 Å². The predicted molar refractivity (Wildman–Crippen MR) is 66.0 cm³/mol. The van der Waals surface area contributed by atoms with E-state index in [4.69, 9.17) is 5.73 Å². The summed E-state index contributed by atoms with van der Waals surface area (Å²) < 4.78 is 2.17. The van der Waals surface area contributed by atoms with Crippen LogP contribution in [0.15, 0.2) is 12.4 Å². The maximum Gasteiger partial charge on any atom is 0.125 e. The van der Waals surface area contributed by atoms with E-state index in [1.54, 1.807) is 0 Å². The van der Waals surface area contributed by atoms with Crippen molar-refractivity contribution in [1.29, 1.82) is 0 Å². The molecule has 0 amide bonds. The van der Waals surface area contributed by atoms with Gasteiger partial charge in [-0.25, -0.2) is 4.98 Å². The fourth-order valence-corrected chi connectivity index (χ4v) is 2.91. The summed E-state index contributed by atoms with van der Waals surface area (Å²) in [6.45, 7) is 5.39. The van der Waals surface area contributed by atoms with E-state index in [1.165, 1.54) is 25.7 Å². The quantitative estimate of drug-likeness (QED) is 0.849. The van der Waals surface area contributed by atoms with Crippen molar-refractivity contribution in [3.8, 4) is 0 Å². The molecule has 1 aromatic heterocycles. The van der Waals surface area contributed by atoms with Crippen LogP contribution in [0.2, 0.25) is 0 Å². The van der Waals surface area contributed by atoms with Gasteiger partial charge < -0.3 is 10.3 Å². The van der Waals surface area contributed by atoms with Crippen molar-refractivity contribution in [3.63, 3.8) is 0 Å². The molecule has 3 nitrogen and oxygen atoms in total. The van der Waals surface area contributed by atoms with Crippen molar-refractivity contribution in [2.45, 2.75) is 52.1 Å². The van der Waals surface area contributed by atoms with Gasteiger partial charge in [-0.05, 0) is 31.6 Å². The fraction of sp³-hybridized carbons (Fsp3) is 0.769. The molecule has 0 aromatic carbocycles. The van der Waals surface area contributed by atoms with Gasteiger partial charge in [0.15, 0.2) is 0 Å². The molecule has 1 aromatic rings. The Morgan fingerprint density at radius 3 is 2.94 bits per heavy atom. The third kappa shape index (κ3) is 2.14. The molecule has 1 heterocycles. The molecular weight excluding hydrogens is 198 g/mol. The summed E-state index contributed by atoms with van der Waals surface area (Å²) in [4.78, 5) is 4.42. The standard InChI is InChI=1S/C13H23N3/c1-3-10-5-6-11(9-10)12(14)13-15-7-8-16(13)4-2/h7-8,10-12H,3-6,9,14H2,1-2H3. The molecule has 1 fully saturated rings. The van der Waals surface area contributed by atoms with Crippen molar-refractivity contribution in [2.24, 2.45) is 17.6 Å². The van der Waals surface area contributed by atoms with Crippen LogP contribution < -0.4 is 5.73 Å². The predicted octanol–water partition coefficient (Wildman–Crippen LogP) is 2.73. The first-order valence-corrected chi connectivity index (χ1v) is 6.52. The van der Waals surface area contributed by atoms with Crippen molar-refractivity contribution in [3.05, 3.63) is 18.2 Å². The van der Waals surface area contributed by atoms with Gasteiger partial charge in [-0.1, -0.05) is 19.8 Å². The maximum atomic E-state index is 6.35. The Labute approximate surface area is 98.1 Å². The van der Waals surface area contributed by atoms with Gasteiger partial charge in [0.25, 0.3) is 0 Å². The number of aryl methyl sites for hydroxylation is 1. The van der Waals surface area contributed by atoms with E-state index in [1.807, 2.05) is 12.4 Å². The summed E-state index contributed by atoms with van der Waals surface area (Å²) in [6, 6.07) is 0.131.